The minimum atomic E-state index is -0.719. The fourth-order valence-electron chi connectivity index (χ4n) is 5.05. The number of para-hydroxylation sites is 1. The van der Waals surface area contributed by atoms with Crippen LogP contribution in [0, 0.1) is 0 Å². The lowest BCUT2D eigenvalue weighted by atomic mass is 10.1. The first-order valence-corrected chi connectivity index (χ1v) is 12.6. The largest absolute Gasteiger partial charge is 0.376 e. The molecule has 0 saturated carbocycles. The van der Waals surface area contributed by atoms with Crippen molar-refractivity contribution in [1.82, 2.24) is 25.1 Å². The normalized spacial score (nSPS) is 20.1. The molecule has 2 aliphatic heterocycles. The molecule has 2 fully saturated rings. The van der Waals surface area contributed by atoms with E-state index in [4.69, 9.17) is 11.6 Å². The van der Waals surface area contributed by atoms with E-state index in [1.165, 1.54) is 4.90 Å². The Labute approximate surface area is 222 Å². The third-order valence-electron chi connectivity index (χ3n) is 6.70. The van der Waals surface area contributed by atoms with Crippen LogP contribution in [-0.2, 0) is 22.7 Å². The number of fused-ring (bicyclic) bond motifs is 1. The summed E-state index contributed by atoms with van der Waals surface area (Å²) >= 11 is 6.47. The average molecular weight is 525 g/mol. The van der Waals surface area contributed by atoms with Gasteiger partial charge in [0.05, 0.1) is 23.8 Å². The van der Waals surface area contributed by atoms with Crippen molar-refractivity contribution < 1.29 is 14.4 Å². The van der Waals surface area contributed by atoms with Crippen LogP contribution in [0.4, 0.5) is 10.5 Å². The predicted octanol–water partition coefficient (Wildman–Crippen LogP) is 2.92. The van der Waals surface area contributed by atoms with Crippen LogP contribution in [0.2, 0.25) is 5.02 Å². The van der Waals surface area contributed by atoms with Crippen LogP contribution < -0.4 is 10.2 Å². The van der Waals surface area contributed by atoms with Gasteiger partial charge >= 0.3 is 6.03 Å². The smallest absolute Gasteiger partial charge is 0.334 e. The number of halogens is 1. The van der Waals surface area contributed by atoms with Gasteiger partial charge in [-0.1, -0.05) is 60.1 Å². The van der Waals surface area contributed by atoms with E-state index in [1.54, 1.807) is 27.9 Å². The van der Waals surface area contributed by atoms with Gasteiger partial charge in [0, 0.05) is 33.7 Å². The molecule has 2 aromatic rings. The van der Waals surface area contributed by atoms with E-state index in [9.17, 15) is 14.4 Å². The van der Waals surface area contributed by atoms with E-state index in [0.717, 1.165) is 16.8 Å². The van der Waals surface area contributed by atoms with E-state index in [1.807, 2.05) is 67.5 Å². The number of piperazine rings is 1. The van der Waals surface area contributed by atoms with Crippen LogP contribution >= 0.6 is 11.6 Å². The Hall–Kier alpha value is -3.56. The summed E-state index contributed by atoms with van der Waals surface area (Å²) in [5.41, 5.74) is 2.68. The maximum Gasteiger partial charge on any atom is 0.334 e. The lowest BCUT2D eigenvalue weighted by molar-refractivity contribution is -0.188. The number of rotatable bonds is 7. The SMILES string of the molecule is C=CCN1CC(=O)N2[C@@H](C)C(=O)N(Cc3cccc(Cl)c3N(C)C)C[C@@H]2N1C(=O)NCc1ccccc1. The van der Waals surface area contributed by atoms with Crippen molar-refractivity contribution in [2.45, 2.75) is 32.2 Å². The van der Waals surface area contributed by atoms with Crippen molar-refractivity contribution in [3.05, 3.63) is 77.3 Å². The molecular weight excluding hydrogens is 492 g/mol. The first-order chi connectivity index (χ1) is 17.7. The molecule has 2 heterocycles. The standard InChI is InChI=1S/C27H33ClN6O3/c1-5-14-32-18-24(35)33-19(2)26(36)31(16-21-12-9-13-22(28)25(21)30(3)4)17-23(33)34(32)27(37)29-15-20-10-7-6-8-11-20/h5-13,19,23H,1,14-18H2,2-4H3,(H,29,37)/t19-,23-/m0/s1. The Kier molecular flexibility index (Phi) is 8.04. The Morgan fingerprint density at radius 1 is 1.16 bits per heavy atom. The summed E-state index contributed by atoms with van der Waals surface area (Å²) in [6.07, 6.45) is 0.997. The van der Waals surface area contributed by atoms with Crippen LogP contribution in [0.25, 0.3) is 0 Å². The van der Waals surface area contributed by atoms with Crippen molar-refractivity contribution in [2.75, 3.05) is 38.6 Å². The number of anilines is 1. The first kappa shape index (κ1) is 26.5. The highest BCUT2D eigenvalue weighted by Crippen LogP contribution is 2.32. The molecule has 196 valence electrons. The molecule has 0 aromatic heterocycles. The molecule has 0 bridgehead atoms. The fourth-order valence-corrected chi connectivity index (χ4v) is 5.42. The Morgan fingerprint density at radius 2 is 1.89 bits per heavy atom. The Bertz CT molecular complexity index is 1170. The van der Waals surface area contributed by atoms with E-state index < -0.39 is 12.2 Å². The lowest BCUT2D eigenvalue weighted by Crippen LogP contribution is -2.75. The summed E-state index contributed by atoms with van der Waals surface area (Å²) in [6, 6.07) is 14.2. The quantitative estimate of drug-likeness (QED) is 0.563. The summed E-state index contributed by atoms with van der Waals surface area (Å²) in [6.45, 7) is 6.62. The maximum absolute atomic E-state index is 13.5. The molecule has 0 radical (unpaired) electrons. The molecule has 2 aliphatic rings. The predicted molar refractivity (Wildman–Crippen MR) is 144 cm³/mol. The molecule has 4 amide bonds. The van der Waals surface area contributed by atoms with E-state index >= 15 is 0 Å². The molecular formula is C27H33ClN6O3. The van der Waals surface area contributed by atoms with Crippen LogP contribution in [0.5, 0.6) is 0 Å². The van der Waals surface area contributed by atoms with Crippen molar-refractivity contribution in [1.29, 1.82) is 0 Å². The highest BCUT2D eigenvalue weighted by molar-refractivity contribution is 6.33. The number of hydrazine groups is 1. The van der Waals surface area contributed by atoms with Gasteiger partial charge in [-0.25, -0.2) is 14.8 Å². The van der Waals surface area contributed by atoms with Gasteiger partial charge in [0.1, 0.15) is 12.2 Å². The van der Waals surface area contributed by atoms with E-state index in [2.05, 4.69) is 11.9 Å². The first-order valence-electron chi connectivity index (χ1n) is 12.2. The summed E-state index contributed by atoms with van der Waals surface area (Å²) < 4.78 is 0. The van der Waals surface area contributed by atoms with E-state index in [0.29, 0.717) is 24.7 Å². The van der Waals surface area contributed by atoms with Crippen LogP contribution in [0.3, 0.4) is 0 Å². The van der Waals surface area contributed by atoms with Crippen LogP contribution in [-0.4, -0.2) is 83.6 Å². The molecule has 0 spiro atoms. The van der Waals surface area contributed by atoms with Crippen molar-refractivity contribution >= 4 is 35.1 Å². The second kappa shape index (κ2) is 11.2. The molecule has 2 aromatic carbocycles. The number of hydrogen-bond donors (Lipinski definition) is 1. The van der Waals surface area contributed by atoms with Gasteiger partial charge in [0.2, 0.25) is 11.8 Å². The number of carbonyl (C=O) groups is 3. The number of benzene rings is 2. The van der Waals surface area contributed by atoms with Gasteiger partial charge in [-0.15, -0.1) is 6.58 Å². The molecule has 2 saturated heterocycles. The highest BCUT2D eigenvalue weighted by Gasteiger charge is 2.49. The number of amides is 4. The second-order valence-electron chi connectivity index (χ2n) is 9.44. The zero-order chi connectivity index (χ0) is 26.7. The molecule has 9 nitrogen and oxygen atoms in total. The zero-order valence-electron chi connectivity index (χ0n) is 21.4. The second-order valence-corrected chi connectivity index (χ2v) is 9.85. The maximum atomic E-state index is 13.5. The van der Waals surface area contributed by atoms with Gasteiger partial charge < -0.3 is 20.0 Å². The van der Waals surface area contributed by atoms with Crippen LogP contribution in [0.15, 0.2) is 61.2 Å². The van der Waals surface area contributed by atoms with Gasteiger partial charge in [-0.05, 0) is 24.1 Å². The summed E-state index contributed by atoms with van der Waals surface area (Å²) in [5, 5.41) is 6.81. The molecule has 10 heteroatoms. The average Bonchev–Trinajstić information content (AvgIpc) is 2.86. The zero-order valence-corrected chi connectivity index (χ0v) is 22.2. The third kappa shape index (κ3) is 5.42. The Balaban J connectivity index is 1.63. The molecule has 37 heavy (non-hydrogen) atoms. The van der Waals surface area contributed by atoms with Crippen molar-refractivity contribution in [3.63, 3.8) is 0 Å². The minimum Gasteiger partial charge on any atom is -0.376 e. The van der Waals surface area contributed by atoms with Gasteiger partial charge in [0.25, 0.3) is 0 Å². The molecule has 1 N–H and O–H groups in total. The summed E-state index contributed by atoms with van der Waals surface area (Å²) in [7, 11) is 3.80. The summed E-state index contributed by atoms with van der Waals surface area (Å²) in [4.78, 5) is 45.3. The molecule has 2 atom stereocenters. The molecule has 0 aliphatic carbocycles. The summed E-state index contributed by atoms with van der Waals surface area (Å²) in [5.74, 6) is -0.368. The van der Waals surface area contributed by atoms with Crippen molar-refractivity contribution in [3.8, 4) is 0 Å². The van der Waals surface area contributed by atoms with Gasteiger partial charge in [0.15, 0.2) is 0 Å². The highest BCUT2D eigenvalue weighted by atomic mass is 35.5. The number of hydrogen-bond acceptors (Lipinski definition) is 5. The molecule has 4 rings (SSSR count). The van der Waals surface area contributed by atoms with E-state index in [-0.39, 0.29) is 30.9 Å². The number of nitrogens with one attached hydrogen (secondary N) is 1. The van der Waals surface area contributed by atoms with Gasteiger partial charge in [-0.3, -0.25) is 9.59 Å². The number of nitrogens with zero attached hydrogens (tertiary/aromatic N) is 5. The third-order valence-corrected chi connectivity index (χ3v) is 7.00. The monoisotopic (exact) mass is 524 g/mol. The lowest BCUT2D eigenvalue weighted by Gasteiger charge is -2.54. The van der Waals surface area contributed by atoms with Crippen LogP contribution in [0.1, 0.15) is 18.1 Å². The minimum absolute atomic E-state index is 0.0159. The molecule has 0 unspecified atom stereocenters. The number of urea groups is 1. The number of carbonyl (C=O) groups excluding carboxylic acids is 3. The fraction of sp³-hybridized carbons (Fsp3) is 0.370. The van der Waals surface area contributed by atoms with Crippen molar-refractivity contribution in [2.24, 2.45) is 0 Å². The van der Waals surface area contributed by atoms with Gasteiger partial charge in [-0.2, -0.15) is 0 Å². The Morgan fingerprint density at radius 3 is 2.57 bits per heavy atom. The topological polar surface area (TPSA) is 79.4 Å².